The van der Waals surface area contributed by atoms with Crippen molar-refractivity contribution < 1.29 is 0 Å². The van der Waals surface area contributed by atoms with Crippen LogP contribution in [0.15, 0.2) is 90.3 Å². The van der Waals surface area contributed by atoms with Gasteiger partial charge in [0.15, 0.2) is 5.13 Å². The molecular formula is C28H29N3S4. The molecule has 1 aromatic heterocycles. The van der Waals surface area contributed by atoms with Crippen LogP contribution in [0.25, 0.3) is 11.3 Å². The molecule has 0 saturated carbocycles. The van der Waals surface area contributed by atoms with E-state index < -0.39 is 0 Å². The summed E-state index contributed by atoms with van der Waals surface area (Å²) in [4.78, 5) is 4.65. The van der Waals surface area contributed by atoms with Crippen LogP contribution >= 0.6 is 46.8 Å². The monoisotopic (exact) mass is 535 g/mol. The van der Waals surface area contributed by atoms with Gasteiger partial charge in [-0.2, -0.15) is 23.5 Å². The van der Waals surface area contributed by atoms with E-state index in [1.165, 1.54) is 5.08 Å². The number of thiazole rings is 1. The molecule has 0 aliphatic rings. The van der Waals surface area contributed by atoms with Crippen molar-refractivity contribution in [3.8, 4) is 23.1 Å². The van der Waals surface area contributed by atoms with Crippen LogP contribution in [0.1, 0.15) is 12.0 Å². The van der Waals surface area contributed by atoms with Gasteiger partial charge in [-0.1, -0.05) is 72.3 Å². The summed E-state index contributed by atoms with van der Waals surface area (Å²) in [5, 5.41) is 7.47. The van der Waals surface area contributed by atoms with Crippen LogP contribution < -0.4 is 10.0 Å². The Bertz CT molecular complexity index is 1180. The Morgan fingerprint density at radius 1 is 0.886 bits per heavy atom. The van der Waals surface area contributed by atoms with Crippen LogP contribution in [0.3, 0.4) is 0 Å². The molecule has 0 radical (unpaired) electrons. The van der Waals surface area contributed by atoms with Gasteiger partial charge in [0, 0.05) is 51.4 Å². The lowest BCUT2D eigenvalue weighted by Gasteiger charge is -2.04. The molecule has 180 valence electrons. The molecule has 0 bridgehead atoms. The van der Waals surface area contributed by atoms with Gasteiger partial charge in [-0.05, 0) is 42.7 Å². The molecule has 0 unspecified atom stereocenters. The lowest BCUT2D eigenvalue weighted by atomic mass is 10.1. The second kappa shape index (κ2) is 16.2. The second-order valence-electron chi connectivity index (χ2n) is 7.15. The standard InChI is InChI=1S/C16H15N3S2.C12H14S2/c1-20-19-14-9-5-6-12(10-14)15-11-21-16(18-15)17-13-7-3-2-4-8-13;1-13-11-14-10-6-5-9-12-7-3-2-4-8-12/h2-11,19H,1H3,(H,17,18);2-4,7-8H,6,10-11H2,1H3. The topological polar surface area (TPSA) is 37.0 Å². The Morgan fingerprint density at radius 3 is 2.37 bits per heavy atom. The molecule has 0 amide bonds. The average Bonchev–Trinajstić information content (AvgIpc) is 3.37. The fraction of sp³-hybridized carbons (Fsp3) is 0.179. The van der Waals surface area contributed by atoms with E-state index in [1.807, 2.05) is 96.5 Å². The summed E-state index contributed by atoms with van der Waals surface area (Å²) in [7, 11) is 0. The van der Waals surface area contributed by atoms with Crippen molar-refractivity contribution >= 4 is 63.3 Å². The molecule has 0 saturated heterocycles. The van der Waals surface area contributed by atoms with Crippen molar-refractivity contribution in [1.29, 1.82) is 0 Å². The normalized spacial score (nSPS) is 9.89. The van der Waals surface area contributed by atoms with E-state index in [-0.39, 0.29) is 0 Å². The van der Waals surface area contributed by atoms with Gasteiger partial charge in [0.25, 0.3) is 0 Å². The molecule has 4 aromatic rings. The maximum atomic E-state index is 4.65. The Morgan fingerprint density at radius 2 is 1.63 bits per heavy atom. The van der Waals surface area contributed by atoms with Crippen molar-refractivity contribution in [3.05, 3.63) is 95.9 Å². The average molecular weight is 536 g/mol. The summed E-state index contributed by atoms with van der Waals surface area (Å²) < 4.78 is 3.24. The van der Waals surface area contributed by atoms with Crippen LogP contribution in [0.5, 0.6) is 0 Å². The van der Waals surface area contributed by atoms with Crippen LogP contribution in [-0.2, 0) is 0 Å². The van der Waals surface area contributed by atoms with Gasteiger partial charge < -0.3 is 10.0 Å². The van der Waals surface area contributed by atoms with Crippen molar-refractivity contribution in [1.82, 2.24) is 4.98 Å². The van der Waals surface area contributed by atoms with E-state index in [0.717, 1.165) is 45.5 Å². The Balaban J connectivity index is 0.000000214. The van der Waals surface area contributed by atoms with E-state index in [0.29, 0.717) is 0 Å². The maximum absolute atomic E-state index is 4.65. The first-order chi connectivity index (χ1) is 17.3. The largest absolute Gasteiger partial charge is 0.332 e. The SMILES string of the molecule is CSCSCCC#Cc1ccccc1.CSNc1cccc(-c2csc(Nc3ccccc3)n2)c1. The fourth-order valence-corrected chi connectivity index (χ4v) is 5.41. The quantitative estimate of drug-likeness (QED) is 0.0966. The second-order valence-corrected chi connectivity index (χ2v) is 11.0. The molecule has 4 rings (SSSR count). The molecule has 0 fully saturated rings. The smallest absolute Gasteiger partial charge is 0.187 e. The van der Waals surface area contributed by atoms with Crippen molar-refractivity contribution in [3.63, 3.8) is 0 Å². The summed E-state index contributed by atoms with van der Waals surface area (Å²) in [6.07, 6.45) is 5.13. The minimum atomic E-state index is 0.902. The molecular weight excluding hydrogens is 507 g/mol. The van der Waals surface area contributed by atoms with E-state index in [2.05, 4.69) is 56.7 Å². The number of thioether (sulfide) groups is 2. The molecule has 0 aliphatic heterocycles. The summed E-state index contributed by atoms with van der Waals surface area (Å²) in [6, 6.07) is 28.5. The highest BCUT2D eigenvalue weighted by Gasteiger charge is 2.05. The highest BCUT2D eigenvalue weighted by molar-refractivity contribution is 8.15. The number of hydrogen-bond donors (Lipinski definition) is 2. The number of nitrogens with zero attached hydrogens (tertiary/aromatic N) is 1. The van der Waals surface area contributed by atoms with Crippen LogP contribution in [0, 0.1) is 11.8 Å². The van der Waals surface area contributed by atoms with Crippen molar-refractivity contribution in [2.45, 2.75) is 6.42 Å². The molecule has 35 heavy (non-hydrogen) atoms. The third kappa shape index (κ3) is 10.3. The number of para-hydroxylation sites is 1. The van der Waals surface area contributed by atoms with E-state index in [4.69, 9.17) is 0 Å². The van der Waals surface area contributed by atoms with Gasteiger partial charge >= 0.3 is 0 Å². The zero-order valence-corrected chi connectivity index (χ0v) is 23.1. The summed E-state index contributed by atoms with van der Waals surface area (Å²) in [5.41, 5.74) is 5.36. The van der Waals surface area contributed by atoms with Gasteiger partial charge in [0.2, 0.25) is 0 Å². The molecule has 3 nitrogen and oxygen atoms in total. The van der Waals surface area contributed by atoms with Crippen molar-refractivity contribution in [2.24, 2.45) is 0 Å². The summed E-state index contributed by atoms with van der Waals surface area (Å²) >= 11 is 7.02. The van der Waals surface area contributed by atoms with Crippen molar-refractivity contribution in [2.75, 3.05) is 33.4 Å². The molecule has 7 heteroatoms. The molecule has 0 spiro atoms. The molecule has 3 aromatic carbocycles. The first-order valence-corrected chi connectivity index (χ1v) is 15.7. The van der Waals surface area contributed by atoms with Crippen LogP contribution in [0.2, 0.25) is 0 Å². The Kier molecular flexibility index (Phi) is 12.6. The fourth-order valence-electron chi connectivity index (χ4n) is 2.92. The number of anilines is 3. The summed E-state index contributed by atoms with van der Waals surface area (Å²) in [6.45, 7) is 0. The Hall–Kier alpha value is -2.50. The van der Waals surface area contributed by atoms with Crippen LogP contribution in [-0.4, -0.2) is 28.3 Å². The zero-order valence-electron chi connectivity index (χ0n) is 19.9. The highest BCUT2D eigenvalue weighted by atomic mass is 32.2. The summed E-state index contributed by atoms with van der Waals surface area (Å²) in [5.74, 6) is 7.47. The minimum Gasteiger partial charge on any atom is -0.332 e. The van der Waals surface area contributed by atoms with Gasteiger partial charge in [-0.15, -0.1) is 11.3 Å². The molecule has 0 atom stereocenters. The number of rotatable bonds is 9. The van der Waals surface area contributed by atoms with E-state index in [1.54, 1.807) is 23.3 Å². The number of nitrogens with one attached hydrogen (secondary N) is 2. The Labute approximate surface area is 226 Å². The van der Waals surface area contributed by atoms with Gasteiger partial charge in [0.05, 0.1) is 5.69 Å². The maximum Gasteiger partial charge on any atom is 0.187 e. The lowest BCUT2D eigenvalue weighted by Crippen LogP contribution is -1.89. The van der Waals surface area contributed by atoms with E-state index >= 15 is 0 Å². The first-order valence-electron chi connectivity index (χ1n) is 11.1. The van der Waals surface area contributed by atoms with Gasteiger partial charge in [0.1, 0.15) is 0 Å². The van der Waals surface area contributed by atoms with Gasteiger partial charge in [-0.25, -0.2) is 4.98 Å². The molecule has 2 N–H and O–H groups in total. The predicted octanol–water partition coefficient (Wildman–Crippen LogP) is 8.73. The van der Waals surface area contributed by atoms with Crippen LogP contribution in [0.4, 0.5) is 16.5 Å². The lowest BCUT2D eigenvalue weighted by molar-refractivity contribution is 1.30. The van der Waals surface area contributed by atoms with E-state index in [9.17, 15) is 0 Å². The number of hydrogen-bond acceptors (Lipinski definition) is 7. The first kappa shape index (κ1) is 27.1. The third-order valence-corrected chi connectivity index (χ3v) is 7.79. The minimum absolute atomic E-state index is 0.902. The molecule has 0 aliphatic carbocycles. The number of aromatic nitrogens is 1. The zero-order chi connectivity index (χ0) is 24.6. The number of benzene rings is 3. The predicted molar refractivity (Wildman–Crippen MR) is 163 cm³/mol. The third-order valence-electron chi connectivity index (χ3n) is 4.49. The van der Waals surface area contributed by atoms with Gasteiger partial charge in [-0.3, -0.25) is 0 Å². The highest BCUT2D eigenvalue weighted by Crippen LogP contribution is 2.28. The molecule has 1 heterocycles.